The number of carbonyl (C=O) groups is 1. The number of nitrogens with zero attached hydrogens (tertiary/aromatic N) is 5. The molecule has 0 aliphatic carbocycles. The van der Waals surface area contributed by atoms with Crippen molar-refractivity contribution < 1.29 is 17.5 Å². The van der Waals surface area contributed by atoms with Crippen LogP contribution in [0.5, 0.6) is 0 Å². The summed E-state index contributed by atoms with van der Waals surface area (Å²) in [6.45, 7) is 14.9. The number of rotatable bonds is 8. The summed E-state index contributed by atoms with van der Waals surface area (Å²) < 4.78 is 28.1. The molecule has 0 bridgehead atoms. The van der Waals surface area contributed by atoms with Gasteiger partial charge in [-0.25, -0.2) is 19.7 Å². The molecule has 4 rings (SSSR count). The Kier molecular flexibility index (Phi) is 7.83. The van der Waals surface area contributed by atoms with E-state index in [1.54, 1.807) is 12.1 Å². The largest absolute Gasteiger partial charge is 0.384 e. The van der Waals surface area contributed by atoms with Crippen LogP contribution in [-0.2, 0) is 10.0 Å². The van der Waals surface area contributed by atoms with Crippen LogP contribution in [-0.4, -0.2) is 54.5 Å². The molecule has 1 aliphatic heterocycles. The van der Waals surface area contributed by atoms with Crippen molar-refractivity contribution in [3.63, 3.8) is 0 Å². The number of amides is 1. The zero-order valence-electron chi connectivity index (χ0n) is 23.4. The number of nitrogens with one attached hydrogen (secondary N) is 1. The van der Waals surface area contributed by atoms with E-state index in [4.69, 9.17) is 15.7 Å². The van der Waals surface area contributed by atoms with Crippen LogP contribution in [0.15, 0.2) is 47.5 Å². The van der Waals surface area contributed by atoms with Crippen molar-refractivity contribution >= 4 is 33.4 Å². The van der Waals surface area contributed by atoms with Crippen molar-refractivity contribution in [2.24, 2.45) is 5.92 Å². The lowest BCUT2D eigenvalue weighted by Crippen LogP contribution is -2.41. The number of aromatic nitrogens is 3. The molecule has 1 saturated heterocycles. The van der Waals surface area contributed by atoms with Crippen LogP contribution in [0.4, 0.5) is 17.5 Å². The van der Waals surface area contributed by atoms with Gasteiger partial charge >= 0.3 is 0 Å². The predicted octanol–water partition coefficient (Wildman–Crippen LogP) is 4.76. The van der Waals surface area contributed by atoms with Gasteiger partial charge in [-0.1, -0.05) is 19.1 Å². The van der Waals surface area contributed by atoms with Gasteiger partial charge in [0.1, 0.15) is 17.5 Å². The number of aryl methyl sites for hydroxylation is 1. The molecule has 4 heterocycles. The van der Waals surface area contributed by atoms with E-state index in [2.05, 4.69) is 54.1 Å². The van der Waals surface area contributed by atoms with Crippen molar-refractivity contribution in [2.45, 2.75) is 58.5 Å². The molecule has 1 aliphatic rings. The summed E-state index contributed by atoms with van der Waals surface area (Å²) in [6, 6.07) is 11.5. The van der Waals surface area contributed by atoms with E-state index in [0.717, 1.165) is 30.9 Å². The maximum absolute atomic E-state index is 13.5. The molecule has 0 radical (unpaired) electrons. The third-order valence-corrected chi connectivity index (χ3v) is 8.32. The zero-order valence-corrected chi connectivity index (χ0v) is 24.2. The molecule has 1 atom stereocenters. The van der Waals surface area contributed by atoms with E-state index in [1.165, 1.54) is 18.2 Å². The maximum Gasteiger partial charge on any atom is 0.281 e. The highest BCUT2D eigenvalue weighted by Crippen LogP contribution is 2.38. The van der Waals surface area contributed by atoms with Gasteiger partial charge in [0.25, 0.3) is 15.9 Å². The fourth-order valence-corrected chi connectivity index (χ4v) is 6.19. The molecule has 1 amide bonds. The monoisotopic (exact) mass is 557 g/mol. The van der Waals surface area contributed by atoms with Gasteiger partial charge in [0.15, 0.2) is 5.03 Å². The second-order valence-corrected chi connectivity index (χ2v) is 12.3. The SMILES string of the molecule is CCN(CC)c1nc(-c2ccc(C(=O)NS(=O)(=O)c3cccc(N)n3)c(N3CC(C)CC3(C)C)n2)ccc1C.[HH].[HH].[HH]. The molecule has 11 heteroatoms. The average Bonchev–Trinajstić information content (AvgIpc) is 3.16. The number of pyridine rings is 3. The van der Waals surface area contributed by atoms with Gasteiger partial charge in [0.2, 0.25) is 0 Å². The second kappa shape index (κ2) is 10.8. The molecule has 3 aromatic rings. The molecule has 3 N–H and O–H groups in total. The Morgan fingerprint density at radius 1 is 1.10 bits per heavy atom. The van der Waals surface area contributed by atoms with Crippen molar-refractivity contribution in [1.82, 2.24) is 19.7 Å². The first-order valence-electron chi connectivity index (χ1n) is 13.2. The summed E-state index contributed by atoms with van der Waals surface area (Å²) in [5, 5.41) is -0.329. The van der Waals surface area contributed by atoms with Crippen LogP contribution in [0.25, 0.3) is 11.4 Å². The Morgan fingerprint density at radius 2 is 1.77 bits per heavy atom. The summed E-state index contributed by atoms with van der Waals surface area (Å²) in [4.78, 5) is 31.4. The highest BCUT2D eigenvalue weighted by Gasteiger charge is 2.39. The van der Waals surface area contributed by atoms with Gasteiger partial charge in [0, 0.05) is 29.5 Å². The Morgan fingerprint density at radius 3 is 2.38 bits per heavy atom. The third-order valence-electron chi connectivity index (χ3n) is 7.09. The lowest BCUT2D eigenvalue weighted by molar-refractivity contribution is 0.0981. The average molecular weight is 558 g/mol. The Bertz CT molecular complexity index is 1500. The van der Waals surface area contributed by atoms with E-state index in [1.807, 2.05) is 19.1 Å². The molecule has 1 unspecified atom stereocenters. The first kappa shape index (κ1) is 28.3. The lowest BCUT2D eigenvalue weighted by Gasteiger charge is -2.34. The summed E-state index contributed by atoms with van der Waals surface area (Å²) in [5.41, 5.74) is 7.87. The van der Waals surface area contributed by atoms with E-state index in [0.29, 0.717) is 29.7 Å². The van der Waals surface area contributed by atoms with Crippen LogP contribution < -0.4 is 20.3 Å². The van der Waals surface area contributed by atoms with Crippen LogP contribution in [0, 0.1) is 12.8 Å². The van der Waals surface area contributed by atoms with Gasteiger partial charge in [-0.2, -0.15) is 8.42 Å². The summed E-state index contributed by atoms with van der Waals surface area (Å²) in [6.07, 6.45) is 0.903. The predicted molar refractivity (Wildman–Crippen MR) is 161 cm³/mol. The van der Waals surface area contributed by atoms with E-state index >= 15 is 0 Å². The smallest absolute Gasteiger partial charge is 0.281 e. The first-order valence-corrected chi connectivity index (χ1v) is 14.7. The van der Waals surface area contributed by atoms with Crippen molar-refractivity contribution in [2.75, 3.05) is 35.2 Å². The fourth-order valence-electron chi connectivity index (χ4n) is 5.25. The number of hydrogen-bond acceptors (Lipinski definition) is 9. The molecule has 0 saturated carbocycles. The van der Waals surface area contributed by atoms with Crippen LogP contribution in [0.2, 0.25) is 0 Å². The maximum atomic E-state index is 13.5. The molecule has 214 valence electrons. The standard InChI is InChI=1S/C28H37N7O3S.3H2/c1-7-34(8-2)25-19(4)12-14-21(30-25)22-15-13-20(26(31-22)35-17-18(3)16-28(35,5)6)27(36)33-39(37,38)24-11-9-10-23(29)32-24;;;/h9-15,18H,7-8,16-17H2,1-6H3,(H2,29,32)(H,33,36);3*1H. The summed E-state index contributed by atoms with van der Waals surface area (Å²) >= 11 is 0. The Labute approximate surface area is 235 Å². The lowest BCUT2D eigenvalue weighted by atomic mass is 9.97. The minimum atomic E-state index is -4.25. The van der Waals surface area contributed by atoms with E-state index in [9.17, 15) is 13.2 Å². The Hall–Kier alpha value is -3.73. The highest BCUT2D eigenvalue weighted by molar-refractivity contribution is 7.90. The molecular weight excluding hydrogens is 514 g/mol. The number of anilines is 3. The molecule has 3 aromatic heterocycles. The first-order chi connectivity index (χ1) is 18.4. The van der Waals surface area contributed by atoms with Crippen molar-refractivity contribution in [3.8, 4) is 11.4 Å². The second-order valence-electron chi connectivity index (χ2n) is 10.6. The minimum absolute atomic E-state index is 0. The number of sulfonamides is 1. The van der Waals surface area contributed by atoms with Crippen LogP contribution in [0.1, 0.15) is 61.2 Å². The molecule has 1 fully saturated rings. The number of carbonyl (C=O) groups excluding carboxylic acids is 1. The Balaban J connectivity index is 0.00000294. The molecule has 0 aromatic carbocycles. The van der Waals surface area contributed by atoms with Crippen LogP contribution in [0.3, 0.4) is 0 Å². The molecular formula is C28H43N7O3S. The fraction of sp³-hybridized carbons (Fsp3) is 0.429. The molecule has 39 heavy (non-hydrogen) atoms. The zero-order chi connectivity index (χ0) is 28.5. The van der Waals surface area contributed by atoms with Crippen molar-refractivity contribution in [3.05, 3.63) is 53.6 Å². The normalized spacial score (nSPS) is 16.8. The topological polar surface area (TPSA) is 134 Å². The van der Waals surface area contributed by atoms with Crippen LogP contribution >= 0.6 is 0 Å². The summed E-state index contributed by atoms with van der Waals surface area (Å²) in [5.74, 6) is 0.928. The van der Waals surface area contributed by atoms with Gasteiger partial charge in [-0.15, -0.1) is 0 Å². The van der Waals surface area contributed by atoms with Gasteiger partial charge in [0.05, 0.1) is 17.0 Å². The quantitative estimate of drug-likeness (QED) is 0.402. The highest BCUT2D eigenvalue weighted by atomic mass is 32.2. The number of nitrogens with two attached hydrogens (primary N) is 1. The molecule has 10 nitrogen and oxygen atoms in total. The van der Waals surface area contributed by atoms with Crippen molar-refractivity contribution in [1.29, 1.82) is 0 Å². The van der Waals surface area contributed by atoms with Gasteiger partial charge < -0.3 is 15.5 Å². The number of nitrogen functional groups attached to an aromatic ring is 1. The summed E-state index contributed by atoms with van der Waals surface area (Å²) in [7, 11) is -4.25. The third kappa shape index (κ3) is 5.83. The van der Waals surface area contributed by atoms with E-state index < -0.39 is 15.9 Å². The van der Waals surface area contributed by atoms with Gasteiger partial charge in [-0.05, 0) is 82.9 Å². The van der Waals surface area contributed by atoms with Gasteiger partial charge in [-0.3, -0.25) is 4.79 Å². The minimum Gasteiger partial charge on any atom is -0.384 e. The number of hydrogen-bond donors (Lipinski definition) is 2. The molecule has 0 spiro atoms. The van der Waals surface area contributed by atoms with E-state index in [-0.39, 0.29) is 26.2 Å².